The third-order valence-corrected chi connectivity index (χ3v) is 6.68. The normalized spacial score (nSPS) is 23.1. The molecule has 0 spiro atoms. The molecule has 0 aromatic heterocycles. The van der Waals surface area contributed by atoms with Crippen molar-refractivity contribution in [1.82, 2.24) is 5.32 Å². The molecular weight excluding hydrogens is 458 g/mol. The highest BCUT2D eigenvalue weighted by atomic mass is 35.5. The highest BCUT2D eigenvalue weighted by Gasteiger charge is 2.59. The van der Waals surface area contributed by atoms with Gasteiger partial charge in [0, 0.05) is 16.3 Å². The summed E-state index contributed by atoms with van der Waals surface area (Å²) in [6, 6.07) is 21.9. The fourth-order valence-corrected chi connectivity index (χ4v) is 5.19. The molecule has 0 aliphatic carbocycles. The zero-order valence-corrected chi connectivity index (χ0v) is 19.6. The van der Waals surface area contributed by atoms with E-state index in [0.29, 0.717) is 33.0 Å². The van der Waals surface area contributed by atoms with E-state index < -0.39 is 11.6 Å². The van der Waals surface area contributed by atoms with E-state index in [0.717, 1.165) is 5.56 Å². The van der Waals surface area contributed by atoms with Gasteiger partial charge in [0.05, 0.1) is 18.8 Å². The first kappa shape index (κ1) is 21.6. The van der Waals surface area contributed by atoms with Crippen molar-refractivity contribution in [3.8, 4) is 11.5 Å². The Hall–Kier alpha value is -3.29. The molecule has 2 heterocycles. The van der Waals surface area contributed by atoms with E-state index in [1.54, 1.807) is 31.4 Å². The molecule has 1 saturated heterocycles. The zero-order chi connectivity index (χ0) is 23.2. The lowest BCUT2D eigenvalue weighted by Gasteiger charge is -2.56. The van der Waals surface area contributed by atoms with Crippen molar-refractivity contribution < 1.29 is 14.3 Å². The number of carbonyl (C=O) groups is 1. The Kier molecular flexibility index (Phi) is 5.38. The van der Waals surface area contributed by atoms with Crippen LogP contribution in [0.1, 0.15) is 18.5 Å². The molecule has 2 aliphatic rings. The van der Waals surface area contributed by atoms with Crippen LogP contribution in [-0.2, 0) is 4.79 Å². The molecule has 2 N–H and O–H groups in total. The molecule has 3 aromatic carbocycles. The number of hydrogen-bond donors (Lipinski definition) is 2. The summed E-state index contributed by atoms with van der Waals surface area (Å²) in [7, 11) is 1.60. The number of para-hydroxylation sites is 3. The maximum atomic E-state index is 13.8. The van der Waals surface area contributed by atoms with Gasteiger partial charge >= 0.3 is 0 Å². The molecule has 8 heteroatoms. The Morgan fingerprint density at radius 3 is 2.58 bits per heavy atom. The average molecular weight is 480 g/mol. The van der Waals surface area contributed by atoms with E-state index in [-0.39, 0.29) is 11.9 Å². The maximum Gasteiger partial charge on any atom is 0.236 e. The van der Waals surface area contributed by atoms with E-state index in [1.807, 2.05) is 60.4 Å². The van der Waals surface area contributed by atoms with Gasteiger partial charge in [-0.05, 0) is 61.6 Å². The molecule has 3 aromatic rings. The molecule has 2 aliphatic heterocycles. The fourth-order valence-electron chi connectivity index (χ4n) is 4.66. The van der Waals surface area contributed by atoms with Crippen molar-refractivity contribution in [1.29, 1.82) is 0 Å². The van der Waals surface area contributed by atoms with Crippen molar-refractivity contribution in [3.63, 3.8) is 0 Å². The summed E-state index contributed by atoms with van der Waals surface area (Å²) in [6.07, 6.45) is 0. The Morgan fingerprint density at radius 1 is 1.12 bits per heavy atom. The molecule has 33 heavy (non-hydrogen) atoms. The van der Waals surface area contributed by atoms with Gasteiger partial charge in [0.25, 0.3) is 0 Å². The predicted molar refractivity (Wildman–Crippen MR) is 133 cm³/mol. The summed E-state index contributed by atoms with van der Waals surface area (Å²) in [4.78, 5) is 15.6. The van der Waals surface area contributed by atoms with Gasteiger partial charge in [-0.1, -0.05) is 41.9 Å². The van der Waals surface area contributed by atoms with E-state index >= 15 is 0 Å². The molecule has 3 atom stereocenters. The van der Waals surface area contributed by atoms with E-state index in [1.165, 1.54) is 0 Å². The second-order valence-electron chi connectivity index (χ2n) is 8.10. The van der Waals surface area contributed by atoms with Gasteiger partial charge in [-0.2, -0.15) is 0 Å². The van der Waals surface area contributed by atoms with Crippen LogP contribution in [0.5, 0.6) is 11.5 Å². The van der Waals surface area contributed by atoms with Crippen LogP contribution in [0.3, 0.4) is 0 Å². The molecule has 2 bridgehead atoms. The number of ether oxygens (including phenoxy) is 2. The minimum atomic E-state index is -1.12. The monoisotopic (exact) mass is 479 g/mol. The first-order chi connectivity index (χ1) is 15.9. The molecule has 0 unspecified atom stereocenters. The Bertz CT molecular complexity index is 1240. The Morgan fingerprint density at radius 2 is 1.82 bits per heavy atom. The van der Waals surface area contributed by atoms with Crippen LogP contribution >= 0.6 is 23.8 Å². The predicted octanol–water partition coefficient (Wildman–Crippen LogP) is 5.15. The third kappa shape index (κ3) is 3.57. The number of thiocarbonyl (C=S) groups is 1. The molecular formula is C25H22ClN3O3S. The Balaban J connectivity index is 1.63. The topological polar surface area (TPSA) is 62.8 Å². The van der Waals surface area contributed by atoms with Crippen molar-refractivity contribution >= 4 is 46.2 Å². The lowest BCUT2D eigenvalue weighted by Crippen LogP contribution is -2.72. The van der Waals surface area contributed by atoms with Gasteiger partial charge in [0.1, 0.15) is 17.4 Å². The van der Waals surface area contributed by atoms with E-state index in [9.17, 15) is 4.79 Å². The largest absolute Gasteiger partial charge is 0.495 e. The number of fused-ring (bicyclic) bond motifs is 4. The standard InChI is InChI=1S/C25H22ClN3O3S/c1-25-21(23(30)27-16-13-11-15(26)12-14-16)22(17-7-3-5-9-19(17)32-25)28-24(33)29(25)18-8-4-6-10-20(18)31-2/h3-14,21-22H,1-2H3,(H,27,30)(H,28,33)/t21-,22-,25+/m1/s1. The maximum absolute atomic E-state index is 13.8. The lowest BCUT2D eigenvalue weighted by molar-refractivity contribution is -0.130. The van der Waals surface area contributed by atoms with Gasteiger partial charge in [0.15, 0.2) is 10.8 Å². The Labute approximate surface area is 202 Å². The summed E-state index contributed by atoms with van der Waals surface area (Å²) in [5, 5.41) is 7.47. The molecule has 1 amide bonds. The number of anilines is 2. The summed E-state index contributed by atoms with van der Waals surface area (Å²) >= 11 is 11.8. The van der Waals surface area contributed by atoms with Crippen LogP contribution < -0.4 is 25.0 Å². The number of amides is 1. The van der Waals surface area contributed by atoms with Crippen LogP contribution in [0, 0.1) is 5.92 Å². The number of halogens is 1. The molecule has 0 radical (unpaired) electrons. The zero-order valence-electron chi connectivity index (χ0n) is 18.0. The molecule has 0 saturated carbocycles. The number of benzene rings is 3. The summed E-state index contributed by atoms with van der Waals surface area (Å²) in [6.45, 7) is 1.89. The molecule has 168 valence electrons. The van der Waals surface area contributed by atoms with Crippen LogP contribution in [0.2, 0.25) is 5.02 Å². The average Bonchev–Trinajstić information content (AvgIpc) is 2.80. The summed E-state index contributed by atoms with van der Waals surface area (Å²) < 4.78 is 12.2. The number of nitrogens with one attached hydrogen (secondary N) is 2. The smallest absolute Gasteiger partial charge is 0.236 e. The number of carbonyl (C=O) groups excluding carboxylic acids is 1. The fraction of sp³-hybridized carbons (Fsp3) is 0.200. The van der Waals surface area contributed by atoms with Gasteiger partial charge in [-0.3, -0.25) is 9.69 Å². The van der Waals surface area contributed by atoms with Crippen LogP contribution in [0.15, 0.2) is 72.8 Å². The van der Waals surface area contributed by atoms with Crippen LogP contribution in [0.4, 0.5) is 11.4 Å². The van der Waals surface area contributed by atoms with E-state index in [4.69, 9.17) is 33.3 Å². The second kappa shape index (κ2) is 8.24. The quantitative estimate of drug-likeness (QED) is 0.505. The van der Waals surface area contributed by atoms with Crippen molar-refractivity contribution in [2.45, 2.75) is 18.7 Å². The van der Waals surface area contributed by atoms with Gasteiger partial charge in [0.2, 0.25) is 5.91 Å². The minimum Gasteiger partial charge on any atom is -0.495 e. The van der Waals surface area contributed by atoms with Crippen LogP contribution in [0.25, 0.3) is 0 Å². The minimum absolute atomic E-state index is 0.200. The first-order valence-corrected chi connectivity index (χ1v) is 11.3. The van der Waals surface area contributed by atoms with Gasteiger partial charge in [-0.15, -0.1) is 0 Å². The van der Waals surface area contributed by atoms with Crippen LogP contribution in [-0.4, -0.2) is 23.9 Å². The van der Waals surface area contributed by atoms with E-state index in [2.05, 4.69) is 10.6 Å². The molecule has 1 fully saturated rings. The third-order valence-electron chi connectivity index (χ3n) is 6.13. The lowest BCUT2D eigenvalue weighted by atomic mass is 9.78. The highest BCUT2D eigenvalue weighted by Crippen LogP contribution is 2.50. The molecule has 5 rings (SSSR count). The summed E-state index contributed by atoms with van der Waals surface area (Å²) in [5.41, 5.74) is 1.12. The SMILES string of the molecule is COc1ccccc1N1C(=S)N[C@@H]2c3ccccc3O[C@@]1(C)[C@H]2C(=O)Nc1ccc(Cl)cc1. The molecule has 6 nitrogen and oxygen atoms in total. The van der Waals surface area contributed by atoms with Crippen molar-refractivity contribution in [2.75, 3.05) is 17.3 Å². The number of methoxy groups -OCH3 is 1. The van der Waals surface area contributed by atoms with Crippen molar-refractivity contribution in [3.05, 3.63) is 83.4 Å². The van der Waals surface area contributed by atoms with Crippen molar-refractivity contribution in [2.24, 2.45) is 5.92 Å². The number of rotatable bonds is 4. The van der Waals surface area contributed by atoms with Gasteiger partial charge < -0.3 is 20.1 Å². The van der Waals surface area contributed by atoms with Gasteiger partial charge in [-0.25, -0.2) is 0 Å². The number of hydrogen-bond acceptors (Lipinski definition) is 4. The summed E-state index contributed by atoms with van der Waals surface area (Å²) in [5.74, 6) is 0.491. The second-order valence-corrected chi connectivity index (χ2v) is 8.93. The highest BCUT2D eigenvalue weighted by molar-refractivity contribution is 7.80. The number of nitrogens with zero attached hydrogens (tertiary/aromatic N) is 1. The first-order valence-electron chi connectivity index (χ1n) is 10.5.